The molecule has 17 heavy (non-hydrogen) atoms. The molecule has 0 radical (unpaired) electrons. The van der Waals surface area contributed by atoms with E-state index in [1.807, 2.05) is 6.07 Å². The van der Waals surface area contributed by atoms with Crippen LogP contribution in [0.1, 0.15) is 0 Å². The minimum absolute atomic E-state index is 0.198. The summed E-state index contributed by atoms with van der Waals surface area (Å²) < 4.78 is 0. The van der Waals surface area contributed by atoms with Gasteiger partial charge in [-0.05, 0) is 24.3 Å². The van der Waals surface area contributed by atoms with Crippen LogP contribution in [0.25, 0.3) is 22.2 Å². The van der Waals surface area contributed by atoms with Crippen LogP contribution in [0.3, 0.4) is 0 Å². The van der Waals surface area contributed by atoms with Gasteiger partial charge in [0.2, 0.25) is 0 Å². The van der Waals surface area contributed by atoms with Crippen molar-refractivity contribution in [2.24, 2.45) is 0 Å². The highest BCUT2D eigenvalue weighted by Crippen LogP contribution is 2.29. The Labute approximate surface area is 97.2 Å². The summed E-state index contributed by atoms with van der Waals surface area (Å²) in [6.45, 7) is 0. The topological polar surface area (TPSA) is 69.1 Å². The maximum Gasteiger partial charge on any atom is 0.117 e. The molecule has 0 bridgehead atoms. The molecule has 84 valence electrons. The van der Waals surface area contributed by atoms with Gasteiger partial charge < -0.3 is 10.2 Å². The second-order valence-corrected chi connectivity index (χ2v) is 3.85. The molecule has 0 spiro atoms. The van der Waals surface area contributed by atoms with Crippen LogP contribution in [-0.2, 0) is 0 Å². The fourth-order valence-corrected chi connectivity index (χ4v) is 1.88. The quantitative estimate of drug-likeness (QED) is 0.597. The van der Waals surface area contributed by atoms with Crippen molar-refractivity contribution in [3.8, 4) is 22.8 Å². The van der Waals surface area contributed by atoms with E-state index in [9.17, 15) is 10.2 Å². The third kappa shape index (κ3) is 1.59. The Morgan fingerprint density at radius 2 is 1.76 bits per heavy atom. The first kappa shape index (κ1) is 9.72. The number of aromatic nitrogens is 2. The normalized spacial score (nSPS) is 10.8. The summed E-state index contributed by atoms with van der Waals surface area (Å²) in [4.78, 5) is 0. The molecule has 0 saturated heterocycles. The fourth-order valence-electron chi connectivity index (χ4n) is 1.88. The Balaban J connectivity index is 2.24. The van der Waals surface area contributed by atoms with Gasteiger partial charge in [0.1, 0.15) is 17.2 Å². The molecule has 0 aliphatic rings. The lowest BCUT2D eigenvalue weighted by Gasteiger charge is -1.99. The molecule has 0 amide bonds. The van der Waals surface area contributed by atoms with Gasteiger partial charge in [-0.2, -0.15) is 5.10 Å². The summed E-state index contributed by atoms with van der Waals surface area (Å²) in [6, 6.07) is 12.0. The summed E-state index contributed by atoms with van der Waals surface area (Å²) in [5, 5.41) is 26.8. The van der Waals surface area contributed by atoms with Gasteiger partial charge in [-0.25, -0.2) is 0 Å². The van der Waals surface area contributed by atoms with E-state index in [-0.39, 0.29) is 11.5 Å². The molecule has 1 heterocycles. The molecular weight excluding hydrogens is 216 g/mol. The molecule has 0 saturated carbocycles. The Morgan fingerprint density at radius 1 is 0.941 bits per heavy atom. The number of phenolic OH excluding ortho intramolecular Hbond substituents is 2. The van der Waals surface area contributed by atoms with E-state index in [0.717, 1.165) is 22.2 Å². The standard InChI is InChI=1S/C13H10N2O2/c16-9-3-1-2-8(6-9)13-11-5-4-10(17)7-12(11)14-15-13/h1-7,16-17H,(H,14,15). The Kier molecular flexibility index (Phi) is 2.01. The zero-order valence-electron chi connectivity index (χ0n) is 8.88. The molecule has 0 fully saturated rings. The highest BCUT2D eigenvalue weighted by Gasteiger charge is 2.08. The van der Waals surface area contributed by atoms with E-state index in [1.165, 1.54) is 0 Å². The fraction of sp³-hybridized carbons (Fsp3) is 0. The average Bonchev–Trinajstić information content (AvgIpc) is 2.71. The van der Waals surface area contributed by atoms with Gasteiger partial charge in [0, 0.05) is 17.0 Å². The molecule has 1 aromatic heterocycles. The first-order valence-electron chi connectivity index (χ1n) is 5.20. The highest BCUT2D eigenvalue weighted by atomic mass is 16.3. The second kappa shape index (κ2) is 3.52. The number of H-pyrrole nitrogens is 1. The van der Waals surface area contributed by atoms with Crippen molar-refractivity contribution in [2.75, 3.05) is 0 Å². The Morgan fingerprint density at radius 3 is 2.59 bits per heavy atom. The molecule has 0 aliphatic carbocycles. The van der Waals surface area contributed by atoms with Crippen molar-refractivity contribution in [3.05, 3.63) is 42.5 Å². The van der Waals surface area contributed by atoms with Crippen LogP contribution in [0.5, 0.6) is 11.5 Å². The number of nitrogens with one attached hydrogen (secondary N) is 1. The number of aromatic amines is 1. The van der Waals surface area contributed by atoms with Crippen LogP contribution in [-0.4, -0.2) is 20.4 Å². The van der Waals surface area contributed by atoms with Crippen LogP contribution >= 0.6 is 0 Å². The smallest absolute Gasteiger partial charge is 0.117 e. The molecule has 0 atom stereocenters. The van der Waals surface area contributed by atoms with E-state index in [0.29, 0.717) is 0 Å². The van der Waals surface area contributed by atoms with Gasteiger partial charge in [-0.1, -0.05) is 12.1 Å². The number of hydrogen-bond acceptors (Lipinski definition) is 3. The molecule has 0 unspecified atom stereocenters. The molecule has 4 nitrogen and oxygen atoms in total. The Bertz CT molecular complexity index is 689. The molecule has 3 N–H and O–H groups in total. The van der Waals surface area contributed by atoms with Gasteiger partial charge in [0.15, 0.2) is 0 Å². The van der Waals surface area contributed by atoms with E-state index in [2.05, 4.69) is 10.2 Å². The van der Waals surface area contributed by atoms with E-state index in [4.69, 9.17) is 0 Å². The lowest BCUT2D eigenvalue weighted by molar-refractivity contribution is 0.475. The van der Waals surface area contributed by atoms with Crippen molar-refractivity contribution >= 4 is 10.9 Å². The van der Waals surface area contributed by atoms with Crippen LogP contribution in [0, 0.1) is 0 Å². The van der Waals surface area contributed by atoms with E-state index in [1.54, 1.807) is 36.4 Å². The van der Waals surface area contributed by atoms with E-state index >= 15 is 0 Å². The number of aromatic hydroxyl groups is 2. The van der Waals surface area contributed by atoms with Crippen LogP contribution in [0.15, 0.2) is 42.5 Å². The van der Waals surface area contributed by atoms with E-state index < -0.39 is 0 Å². The zero-order chi connectivity index (χ0) is 11.8. The van der Waals surface area contributed by atoms with Gasteiger partial charge in [0.05, 0.1) is 5.52 Å². The third-order valence-corrected chi connectivity index (χ3v) is 2.67. The molecule has 2 aromatic carbocycles. The van der Waals surface area contributed by atoms with Gasteiger partial charge in [0.25, 0.3) is 0 Å². The summed E-state index contributed by atoms with van der Waals surface area (Å²) in [5.74, 6) is 0.404. The first-order chi connectivity index (χ1) is 8.24. The number of nitrogens with zero attached hydrogens (tertiary/aromatic N) is 1. The lowest BCUT2D eigenvalue weighted by Crippen LogP contribution is -1.78. The second-order valence-electron chi connectivity index (χ2n) is 3.85. The molecule has 3 rings (SSSR count). The van der Waals surface area contributed by atoms with Crippen molar-refractivity contribution in [1.82, 2.24) is 10.2 Å². The lowest BCUT2D eigenvalue weighted by atomic mass is 10.1. The van der Waals surface area contributed by atoms with Crippen molar-refractivity contribution in [1.29, 1.82) is 0 Å². The van der Waals surface area contributed by atoms with Crippen LogP contribution in [0.4, 0.5) is 0 Å². The molecule has 4 heteroatoms. The number of phenols is 2. The molecular formula is C13H10N2O2. The SMILES string of the molecule is Oc1cccc(-c2n[nH]c3cc(O)ccc23)c1. The summed E-state index contributed by atoms with van der Waals surface area (Å²) in [7, 11) is 0. The van der Waals surface area contributed by atoms with Gasteiger partial charge in [-0.3, -0.25) is 5.10 Å². The number of hydrogen-bond donors (Lipinski definition) is 3. The largest absolute Gasteiger partial charge is 0.508 e. The molecule has 0 aliphatic heterocycles. The predicted molar refractivity (Wildman–Crippen MR) is 64.9 cm³/mol. The summed E-state index contributed by atoms with van der Waals surface area (Å²) >= 11 is 0. The first-order valence-corrected chi connectivity index (χ1v) is 5.20. The van der Waals surface area contributed by atoms with Crippen LogP contribution < -0.4 is 0 Å². The van der Waals surface area contributed by atoms with Crippen molar-refractivity contribution < 1.29 is 10.2 Å². The Hall–Kier alpha value is -2.49. The monoisotopic (exact) mass is 226 g/mol. The van der Waals surface area contributed by atoms with Gasteiger partial charge >= 0.3 is 0 Å². The van der Waals surface area contributed by atoms with Crippen molar-refractivity contribution in [2.45, 2.75) is 0 Å². The highest BCUT2D eigenvalue weighted by molar-refractivity contribution is 5.93. The number of fused-ring (bicyclic) bond motifs is 1. The maximum atomic E-state index is 9.45. The number of rotatable bonds is 1. The zero-order valence-corrected chi connectivity index (χ0v) is 8.88. The average molecular weight is 226 g/mol. The van der Waals surface area contributed by atoms with Crippen LogP contribution in [0.2, 0.25) is 0 Å². The maximum absolute atomic E-state index is 9.45. The minimum Gasteiger partial charge on any atom is -0.508 e. The minimum atomic E-state index is 0.198. The summed E-state index contributed by atoms with van der Waals surface area (Å²) in [6.07, 6.45) is 0. The number of benzene rings is 2. The predicted octanol–water partition coefficient (Wildman–Crippen LogP) is 2.64. The van der Waals surface area contributed by atoms with Gasteiger partial charge in [-0.15, -0.1) is 0 Å². The summed E-state index contributed by atoms with van der Waals surface area (Å²) in [5.41, 5.74) is 2.36. The molecule has 3 aromatic rings. The van der Waals surface area contributed by atoms with Crippen molar-refractivity contribution in [3.63, 3.8) is 0 Å². The third-order valence-electron chi connectivity index (χ3n) is 2.67.